The Morgan fingerprint density at radius 1 is 1.39 bits per heavy atom. The van der Waals surface area contributed by atoms with Gasteiger partial charge in [-0.25, -0.2) is 0 Å². The van der Waals surface area contributed by atoms with Crippen LogP contribution in [0.5, 0.6) is 0 Å². The molecule has 2 nitrogen and oxygen atoms in total. The maximum atomic E-state index is 6.12. The molecule has 2 heterocycles. The second kappa shape index (κ2) is 4.60. The first kappa shape index (κ1) is 12.1. The third-order valence-corrected chi connectivity index (χ3v) is 4.39. The van der Waals surface area contributed by atoms with E-state index in [0.717, 1.165) is 18.1 Å². The largest absolute Gasteiger partial charge is 0.347 e. The quantitative estimate of drug-likeness (QED) is 0.831. The minimum absolute atomic E-state index is 0.634. The van der Waals surface area contributed by atoms with Crippen LogP contribution in [-0.2, 0) is 7.05 Å². The monoisotopic (exact) mass is 262 g/mol. The smallest absolute Gasteiger partial charge is 0.0483 e. The van der Waals surface area contributed by atoms with Crippen molar-refractivity contribution in [3.05, 3.63) is 34.5 Å². The van der Waals surface area contributed by atoms with E-state index in [1.165, 1.54) is 35.0 Å². The summed E-state index contributed by atoms with van der Waals surface area (Å²) >= 11 is 6.12. The molecule has 18 heavy (non-hydrogen) atoms. The van der Waals surface area contributed by atoms with E-state index in [-0.39, 0.29) is 0 Å². The maximum absolute atomic E-state index is 6.12. The number of aryl methyl sites for hydroxylation is 2. The third kappa shape index (κ3) is 1.84. The van der Waals surface area contributed by atoms with Gasteiger partial charge in [-0.3, -0.25) is 0 Å². The van der Waals surface area contributed by atoms with E-state index in [4.69, 9.17) is 11.6 Å². The summed E-state index contributed by atoms with van der Waals surface area (Å²) in [6.07, 6.45) is 2.55. The van der Waals surface area contributed by atoms with E-state index in [1.807, 2.05) is 6.07 Å². The van der Waals surface area contributed by atoms with Crippen LogP contribution < -0.4 is 5.32 Å². The number of halogens is 1. The molecule has 2 aromatic rings. The van der Waals surface area contributed by atoms with Gasteiger partial charge in [-0.2, -0.15) is 0 Å². The molecule has 1 saturated heterocycles. The first-order valence-corrected chi connectivity index (χ1v) is 7.01. The Morgan fingerprint density at radius 2 is 2.22 bits per heavy atom. The van der Waals surface area contributed by atoms with E-state index in [2.05, 4.69) is 36.0 Å². The molecule has 0 amide bonds. The lowest BCUT2D eigenvalue weighted by Crippen LogP contribution is -2.29. The van der Waals surface area contributed by atoms with Gasteiger partial charge in [-0.05, 0) is 50.1 Å². The lowest BCUT2D eigenvalue weighted by molar-refractivity contribution is 0.447. The van der Waals surface area contributed by atoms with Gasteiger partial charge in [0.2, 0.25) is 0 Å². The lowest BCUT2D eigenvalue weighted by atomic mass is 9.93. The second-order valence-electron chi connectivity index (χ2n) is 5.27. The molecule has 96 valence electrons. The maximum Gasteiger partial charge on any atom is 0.0483 e. The summed E-state index contributed by atoms with van der Waals surface area (Å²) in [6.45, 7) is 4.48. The predicted molar refractivity (Wildman–Crippen MR) is 77.5 cm³/mol. The van der Waals surface area contributed by atoms with Crippen LogP contribution in [0.25, 0.3) is 10.9 Å². The molecule has 1 aliphatic heterocycles. The zero-order valence-electron chi connectivity index (χ0n) is 11.0. The van der Waals surface area contributed by atoms with Gasteiger partial charge in [0, 0.05) is 41.1 Å². The SMILES string of the molecule is Cc1c(C2CCCNC2)n(C)c2ccc(Cl)cc12. The fourth-order valence-corrected chi connectivity index (χ4v) is 3.46. The Kier molecular flexibility index (Phi) is 3.08. The first-order valence-electron chi connectivity index (χ1n) is 6.63. The number of rotatable bonds is 1. The van der Waals surface area contributed by atoms with Gasteiger partial charge < -0.3 is 9.88 Å². The molecule has 1 fully saturated rings. The average Bonchev–Trinajstić information content (AvgIpc) is 2.63. The van der Waals surface area contributed by atoms with Gasteiger partial charge in [-0.1, -0.05) is 11.6 Å². The van der Waals surface area contributed by atoms with Crippen LogP contribution in [0.15, 0.2) is 18.2 Å². The van der Waals surface area contributed by atoms with Crippen LogP contribution in [-0.4, -0.2) is 17.7 Å². The number of hydrogen-bond acceptors (Lipinski definition) is 1. The highest BCUT2D eigenvalue weighted by Crippen LogP contribution is 2.34. The van der Waals surface area contributed by atoms with Crippen molar-refractivity contribution in [2.24, 2.45) is 7.05 Å². The molecular weight excluding hydrogens is 244 g/mol. The van der Waals surface area contributed by atoms with Crippen molar-refractivity contribution < 1.29 is 0 Å². The van der Waals surface area contributed by atoms with Crippen LogP contribution in [0.4, 0.5) is 0 Å². The number of benzene rings is 1. The van der Waals surface area contributed by atoms with Gasteiger partial charge in [0.25, 0.3) is 0 Å². The van der Waals surface area contributed by atoms with Crippen LogP contribution in [0.3, 0.4) is 0 Å². The highest BCUT2D eigenvalue weighted by Gasteiger charge is 2.22. The van der Waals surface area contributed by atoms with Crippen molar-refractivity contribution in [1.82, 2.24) is 9.88 Å². The van der Waals surface area contributed by atoms with Crippen molar-refractivity contribution >= 4 is 22.5 Å². The zero-order valence-corrected chi connectivity index (χ0v) is 11.7. The number of aromatic nitrogens is 1. The topological polar surface area (TPSA) is 17.0 Å². The average molecular weight is 263 g/mol. The molecule has 0 spiro atoms. The van der Waals surface area contributed by atoms with Gasteiger partial charge in [0.15, 0.2) is 0 Å². The van der Waals surface area contributed by atoms with Gasteiger partial charge in [0.05, 0.1) is 0 Å². The highest BCUT2D eigenvalue weighted by molar-refractivity contribution is 6.31. The van der Waals surface area contributed by atoms with Crippen molar-refractivity contribution in [3.63, 3.8) is 0 Å². The summed E-state index contributed by atoms with van der Waals surface area (Å²) in [5.41, 5.74) is 4.15. The zero-order chi connectivity index (χ0) is 12.7. The van der Waals surface area contributed by atoms with Gasteiger partial charge in [0.1, 0.15) is 0 Å². The van der Waals surface area contributed by atoms with E-state index in [9.17, 15) is 0 Å². The standard InChI is InChI=1S/C15H19ClN2/c1-10-13-8-12(16)5-6-14(13)18(2)15(10)11-4-3-7-17-9-11/h5-6,8,11,17H,3-4,7,9H2,1-2H3. The molecule has 3 heteroatoms. The molecule has 1 aliphatic rings. The first-order chi connectivity index (χ1) is 8.68. The van der Waals surface area contributed by atoms with Crippen LogP contribution >= 0.6 is 11.6 Å². The molecule has 0 saturated carbocycles. The molecular formula is C15H19ClN2. The molecule has 0 bridgehead atoms. The third-order valence-electron chi connectivity index (χ3n) is 4.15. The summed E-state index contributed by atoms with van der Waals surface area (Å²) in [6, 6.07) is 6.20. The number of fused-ring (bicyclic) bond motifs is 1. The molecule has 1 aromatic heterocycles. The summed E-state index contributed by atoms with van der Waals surface area (Å²) in [4.78, 5) is 0. The van der Waals surface area contributed by atoms with Gasteiger partial charge >= 0.3 is 0 Å². The Hall–Kier alpha value is -0.990. The van der Waals surface area contributed by atoms with E-state index in [1.54, 1.807) is 0 Å². The molecule has 3 rings (SSSR count). The molecule has 0 radical (unpaired) electrons. The normalized spacial score (nSPS) is 20.5. The number of nitrogens with one attached hydrogen (secondary N) is 1. The summed E-state index contributed by atoms with van der Waals surface area (Å²) in [7, 11) is 2.17. The van der Waals surface area contributed by atoms with Crippen molar-refractivity contribution in [2.45, 2.75) is 25.7 Å². The fraction of sp³-hybridized carbons (Fsp3) is 0.467. The minimum atomic E-state index is 0.634. The Labute approximate surface area is 113 Å². The molecule has 1 N–H and O–H groups in total. The van der Waals surface area contributed by atoms with Crippen LogP contribution in [0, 0.1) is 6.92 Å². The molecule has 0 aliphatic carbocycles. The lowest BCUT2D eigenvalue weighted by Gasteiger charge is -2.24. The van der Waals surface area contributed by atoms with E-state index >= 15 is 0 Å². The predicted octanol–water partition coefficient (Wildman–Crippen LogP) is 3.61. The highest BCUT2D eigenvalue weighted by atomic mass is 35.5. The van der Waals surface area contributed by atoms with E-state index in [0.29, 0.717) is 5.92 Å². The van der Waals surface area contributed by atoms with Crippen molar-refractivity contribution in [3.8, 4) is 0 Å². The second-order valence-corrected chi connectivity index (χ2v) is 5.71. The minimum Gasteiger partial charge on any atom is -0.347 e. The number of hydrogen-bond donors (Lipinski definition) is 1. The summed E-state index contributed by atoms with van der Waals surface area (Å²) in [5, 5.41) is 5.62. The Balaban J connectivity index is 2.16. The summed E-state index contributed by atoms with van der Waals surface area (Å²) in [5.74, 6) is 0.634. The number of piperidine rings is 1. The van der Waals surface area contributed by atoms with Crippen LogP contribution in [0.2, 0.25) is 5.02 Å². The Bertz CT molecular complexity index is 580. The van der Waals surface area contributed by atoms with Crippen LogP contribution in [0.1, 0.15) is 30.0 Å². The molecule has 1 unspecified atom stereocenters. The molecule has 1 atom stereocenters. The van der Waals surface area contributed by atoms with Gasteiger partial charge in [-0.15, -0.1) is 0 Å². The van der Waals surface area contributed by atoms with Crippen molar-refractivity contribution in [1.29, 1.82) is 0 Å². The number of nitrogens with zero attached hydrogens (tertiary/aromatic N) is 1. The Morgan fingerprint density at radius 3 is 2.94 bits per heavy atom. The van der Waals surface area contributed by atoms with Crippen molar-refractivity contribution in [2.75, 3.05) is 13.1 Å². The molecule has 1 aromatic carbocycles. The fourth-order valence-electron chi connectivity index (χ4n) is 3.29. The van der Waals surface area contributed by atoms with E-state index < -0.39 is 0 Å². The summed E-state index contributed by atoms with van der Waals surface area (Å²) < 4.78 is 2.35.